The van der Waals surface area contributed by atoms with Gasteiger partial charge in [0.25, 0.3) is 0 Å². The van der Waals surface area contributed by atoms with E-state index in [-0.39, 0.29) is 22.3 Å². The molecule has 3 rings (SSSR count). The van der Waals surface area contributed by atoms with Crippen molar-refractivity contribution in [1.82, 2.24) is 0 Å². The zero-order chi connectivity index (χ0) is 12.3. The van der Waals surface area contributed by atoms with Crippen LogP contribution in [0.1, 0.15) is 45.6 Å². The zero-order valence-corrected chi connectivity index (χ0v) is 11.0. The summed E-state index contributed by atoms with van der Waals surface area (Å²) in [5, 5.41) is 10.4. The smallest absolute Gasteiger partial charge is 0.0607 e. The van der Waals surface area contributed by atoms with Crippen LogP contribution in [0.2, 0.25) is 0 Å². The number of hydrogen-bond acceptors (Lipinski definition) is 1. The van der Waals surface area contributed by atoms with Gasteiger partial charge in [0, 0.05) is 5.41 Å². The highest BCUT2D eigenvalue weighted by atomic mass is 16.3. The molecule has 0 heterocycles. The third-order valence-corrected chi connectivity index (χ3v) is 6.30. The van der Waals surface area contributed by atoms with Crippen molar-refractivity contribution < 1.29 is 5.11 Å². The molecule has 1 nitrogen and oxygen atoms in total. The summed E-state index contributed by atoms with van der Waals surface area (Å²) in [7, 11) is 0. The largest absolute Gasteiger partial charge is 0.393 e. The SMILES string of the molecule is CC1(C)[C@]2(c3ccccc3)CC[C@@]1(C)[C@@H](O)C2. The van der Waals surface area contributed by atoms with E-state index in [0.717, 1.165) is 12.8 Å². The number of aliphatic hydroxyl groups is 1. The first-order valence-electron chi connectivity index (χ1n) is 6.68. The average molecular weight is 230 g/mol. The molecule has 1 aromatic carbocycles. The lowest BCUT2D eigenvalue weighted by Crippen LogP contribution is -2.38. The second-order valence-corrected chi connectivity index (χ2v) is 6.71. The van der Waals surface area contributed by atoms with Crippen LogP contribution in [0.25, 0.3) is 0 Å². The Morgan fingerprint density at radius 1 is 1.06 bits per heavy atom. The quantitative estimate of drug-likeness (QED) is 0.782. The summed E-state index contributed by atoms with van der Waals surface area (Å²) in [4.78, 5) is 0. The highest BCUT2D eigenvalue weighted by Gasteiger charge is 2.69. The van der Waals surface area contributed by atoms with E-state index in [0.29, 0.717) is 0 Å². The average Bonchev–Trinajstić information content (AvgIpc) is 2.61. The van der Waals surface area contributed by atoms with Crippen molar-refractivity contribution in [3.05, 3.63) is 35.9 Å². The van der Waals surface area contributed by atoms with E-state index < -0.39 is 0 Å². The maximum Gasteiger partial charge on any atom is 0.0607 e. The maximum atomic E-state index is 10.4. The molecule has 0 radical (unpaired) electrons. The van der Waals surface area contributed by atoms with E-state index in [1.807, 2.05) is 0 Å². The van der Waals surface area contributed by atoms with Crippen LogP contribution in [0.15, 0.2) is 30.3 Å². The van der Waals surface area contributed by atoms with Crippen molar-refractivity contribution in [1.29, 1.82) is 0 Å². The Morgan fingerprint density at radius 3 is 2.18 bits per heavy atom. The summed E-state index contributed by atoms with van der Waals surface area (Å²) in [6.07, 6.45) is 3.15. The van der Waals surface area contributed by atoms with Crippen LogP contribution in [0.5, 0.6) is 0 Å². The fourth-order valence-electron chi connectivity index (χ4n) is 4.52. The van der Waals surface area contributed by atoms with Crippen LogP contribution in [0, 0.1) is 10.8 Å². The van der Waals surface area contributed by atoms with Gasteiger partial charge in [0.15, 0.2) is 0 Å². The first kappa shape index (κ1) is 11.3. The molecule has 2 saturated carbocycles. The molecule has 0 unspecified atom stereocenters. The van der Waals surface area contributed by atoms with E-state index in [1.165, 1.54) is 12.0 Å². The number of fused-ring (bicyclic) bond motifs is 2. The Kier molecular flexibility index (Phi) is 2.08. The minimum atomic E-state index is -0.147. The van der Waals surface area contributed by atoms with Crippen LogP contribution in [-0.4, -0.2) is 11.2 Å². The van der Waals surface area contributed by atoms with Gasteiger partial charge < -0.3 is 5.11 Å². The summed E-state index contributed by atoms with van der Waals surface area (Å²) in [6, 6.07) is 10.8. The molecule has 1 heteroatoms. The number of rotatable bonds is 1. The van der Waals surface area contributed by atoms with E-state index in [9.17, 15) is 5.11 Å². The molecule has 0 aromatic heterocycles. The number of hydrogen-bond donors (Lipinski definition) is 1. The number of aliphatic hydroxyl groups excluding tert-OH is 1. The molecule has 0 spiro atoms. The molecular weight excluding hydrogens is 208 g/mol. The monoisotopic (exact) mass is 230 g/mol. The number of benzene rings is 1. The minimum absolute atomic E-state index is 0.0862. The standard InChI is InChI=1S/C16H22O/c1-14(2)15(3)9-10-16(14,11-13(15)17)12-7-5-4-6-8-12/h4-8,13,17H,9-11H2,1-3H3/t13-,15-,16+/m0/s1. The highest BCUT2D eigenvalue weighted by molar-refractivity contribution is 5.36. The van der Waals surface area contributed by atoms with Crippen LogP contribution in [0.3, 0.4) is 0 Å². The highest BCUT2D eigenvalue weighted by Crippen LogP contribution is 2.72. The molecule has 92 valence electrons. The van der Waals surface area contributed by atoms with Gasteiger partial charge in [-0.1, -0.05) is 51.1 Å². The summed E-state index contributed by atoms with van der Waals surface area (Å²) in [5.41, 5.74) is 1.87. The van der Waals surface area contributed by atoms with E-state index >= 15 is 0 Å². The Bertz CT molecular complexity index is 436. The third kappa shape index (κ3) is 1.09. The molecule has 0 saturated heterocycles. The summed E-state index contributed by atoms with van der Waals surface area (Å²) < 4.78 is 0. The Hall–Kier alpha value is -0.820. The van der Waals surface area contributed by atoms with Gasteiger partial charge in [-0.05, 0) is 35.7 Å². The first-order chi connectivity index (χ1) is 7.94. The molecule has 0 amide bonds. The molecule has 1 aromatic rings. The lowest BCUT2D eigenvalue weighted by Gasteiger charge is -2.41. The van der Waals surface area contributed by atoms with Crippen LogP contribution in [0.4, 0.5) is 0 Å². The summed E-state index contributed by atoms with van der Waals surface area (Å²) >= 11 is 0. The molecule has 3 atom stereocenters. The fourth-order valence-corrected chi connectivity index (χ4v) is 4.52. The van der Waals surface area contributed by atoms with Gasteiger partial charge >= 0.3 is 0 Å². The van der Waals surface area contributed by atoms with Crippen molar-refractivity contribution in [3.8, 4) is 0 Å². The Labute approximate surface area is 104 Å². The van der Waals surface area contributed by atoms with Gasteiger partial charge in [0.05, 0.1) is 6.10 Å². The van der Waals surface area contributed by atoms with Gasteiger partial charge in [-0.3, -0.25) is 0 Å². The van der Waals surface area contributed by atoms with E-state index in [1.54, 1.807) is 0 Å². The lowest BCUT2D eigenvalue weighted by molar-refractivity contribution is 0.0123. The Balaban J connectivity index is 2.17. The van der Waals surface area contributed by atoms with Crippen LogP contribution >= 0.6 is 0 Å². The third-order valence-electron chi connectivity index (χ3n) is 6.30. The first-order valence-corrected chi connectivity index (χ1v) is 6.68. The van der Waals surface area contributed by atoms with Crippen molar-refractivity contribution in [2.75, 3.05) is 0 Å². The molecule has 2 bridgehead atoms. The topological polar surface area (TPSA) is 20.2 Å². The van der Waals surface area contributed by atoms with Crippen molar-refractivity contribution in [2.24, 2.45) is 10.8 Å². The van der Waals surface area contributed by atoms with Gasteiger partial charge in [-0.25, -0.2) is 0 Å². The Morgan fingerprint density at radius 2 is 1.71 bits per heavy atom. The van der Waals surface area contributed by atoms with Gasteiger partial charge in [0.2, 0.25) is 0 Å². The minimum Gasteiger partial charge on any atom is -0.393 e. The maximum absolute atomic E-state index is 10.4. The van der Waals surface area contributed by atoms with Gasteiger partial charge in [0.1, 0.15) is 0 Å². The molecule has 2 aliphatic rings. The fraction of sp³-hybridized carbons (Fsp3) is 0.625. The second kappa shape index (κ2) is 3.14. The summed E-state index contributed by atoms with van der Waals surface area (Å²) in [6.45, 7) is 6.97. The lowest BCUT2D eigenvalue weighted by atomic mass is 9.62. The predicted molar refractivity (Wildman–Crippen MR) is 69.9 cm³/mol. The van der Waals surface area contributed by atoms with Crippen LogP contribution < -0.4 is 0 Å². The van der Waals surface area contributed by atoms with Crippen molar-refractivity contribution in [2.45, 2.75) is 51.6 Å². The summed E-state index contributed by atoms with van der Waals surface area (Å²) in [5.74, 6) is 0. The second-order valence-electron chi connectivity index (χ2n) is 6.71. The van der Waals surface area contributed by atoms with Crippen molar-refractivity contribution in [3.63, 3.8) is 0 Å². The van der Waals surface area contributed by atoms with E-state index in [2.05, 4.69) is 51.1 Å². The molecule has 0 aliphatic heterocycles. The van der Waals surface area contributed by atoms with E-state index in [4.69, 9.17) is 0 Å². The van der Waals surface area contributed by atoms with Gasteiger partial charge in [-0.15, -0.1) is 0 Å². The molecule has 2 fully saturated rings. The van der Waals surface area contributed by atoms with Crippen LogP contribution in [-0.2, 0) is 5.41 Å². The molecule has 1 N–H and O–H groups in total. The molecular formula is C16H22O. The normalized spacial score (nSPS) is 42.9. The van der Waals surface area contributed by atoms with Gasteiger partial charge in [-0.2, -0.15) is 0 Å². The predicted octanol–water partition coefficient (Wildman–Crippen LogP) is 3.52. The molecule has 2 aliphatic carbocycles. The molecule has 17 heavy (non-hydrogen) atoms. The van der Waals surface area contributed by atoms with Crippen molar-refractivity contribution >= 4 is 0 Å². The zero-order valence-electron chi connectivity index (χ0n) is 11.0.